The van der Waals surface area contributed by atoms with Crippen LogP contribution >= 0.6 is 0 Å². The Morgan fingerprint density at radius 2 is 2.05 bits per heavy atom. The number of halogens is 4. The van der Waals surface area contributed by atoms with Crippen molar-refractivity contribution in [2.24, 2.45) is 0 Å². The zero-order valence-electron chi connectivity index (χ0n) is 11.4. The summed E-state index contributed by atoms with van der Waals surface area (Å²) in [6.45, 7) is 1.72. The molecular formula is C15H10F4N3. The minimum atomic E-state index is -4.57. The maximum Gasteiger partial charge on any atom is 0.449 e. The maximum atomic E-state index is 13.3. The summed E-state index contributed by atoms with van der Waals surface area (Å²) in [7, 11) is 0. The number of pyridine rings is 1. The Kier molecular flexibility index (Phi) is 3.35. The summed E-state index contributed by atoms with van der Waals surface area (Å²) in [5.74, 6) is -1.59. The number of benzene rings is 1. The number of imidazole rings is 1. The maximum absolute atomic E-state index is 13.3. The van der Waals surface area contributed by atoms with Crippen LogP contribution in [-0.4, -0.2) is 14.5 Å². The van der Waals surface area contributed by atoms with E-state index in [0.717, 1.165) is 4.57 Å². The Labute approximate surface area is 123 Å². The van der Waals surface area contributed by atoms with Crippen molar-refractivity contribution in [3.8, 4) is 11.3 Å². The summed E-state index contributed by atoms with van der Waals surface area (Å²) in [6, 6.07) is 7.86. The SMILES string of the molecule is CCn1c(C(F)(F)F)nc2c(-c3cc[c]c(F)c3)nccc21. The molecule has 0 bridgehead atoms. The van der Waals surface area contributed by atoms with Gasteiger partial charge in [-0.05, 0) is 19.1 Å². The lowest BCUT2D eigenvalue weighted by Crippen LogP contribution is -2.14. The van der Waals surface area contributed by atoms with Crippen LogP contribution in [-0.2, 0) is 12.7 Å². The average Bonchev–Trinajstić information content (AvgIpc) is 2.85. The topological polar surface area (TPSA) is 30.7 Å². The van der Waals surface area contributed by atoms with Gasteiger partial charge < -0.3 is 4.57 Å². The standard InChI is InChI=1S/C15H10F4N3/c1-2-22-11-6-7-20-12(9-4-3-5-10(16)8-9)13(11)21-14(22)15(17,18)19/h3-4,6-8H,2H2,1H3. The summed E-state index contributed by atoms with van der Waals surface area (Å²) in [6.07, 6.45) is -3.18. The molecule has 0 saturated carbocycles. The number of aryl methyl sites for hydroxylation is 1. The third-order valence-electron chi connectivity index (χ3n) is 3.28. The fraction of sp³-hybridized carbons (Fsp3) is 0.200. The summed E-state index contributed by atoms with van der Waals surface area (Å²) < 4.78 is 53.7. The molecule has 0 atom stereocenters. The van der Waals surface area contributed by atoms with E-state index in [9.17, 15) is 17.6 Å². The van der Waals surface area contributed by atoms with Crippen LogP contribution in [0.4, 0.5) is 17.6 Å². The molecule has 0 fully saturated rings. The largest absolute Gasteiger partial charge is 0.449 e. The number of alkyl halides is 3. The third-order valence-corrected chi connectivity index (χ3v) is 3.28. The van der Waals surface area contributed by atoms with Crippen molar-refractivity contribution >= 4 is 11.0 Å². The third kappa shape index (κ3) is 2.32. The Bertz CT molecular complexity index is 836. The Hall–Kier alpha value is -2.44. The van der Waals surface area contributed by atoms with Crippen molar-refractivity contribution in [2.75, 3.05) is 0 Å². The van der Waals surface area contributed by atoms with Crippen molar-refractivity contribution in [2.45, 2.75) is 19.6 Å². The first-order chi connectivity index (χ1) is 10.4. The van der Waals surface area contributed by atoms with Gasteiger partial charge in [-0.1, -0.05) is 12.1 Å². The smallest absolute Gasteiger partial charge is 0.321 e. The molecule has 0 aliphatic carbocycles. The number of fused-ring (bicyclic) bond motifs is 1. The molecule has 113 valence electrons. The minimum absolute atomic E-state index is 0.0993. The molecule has 2 aromatic heterocycles. The van der Waals surface area contributed by atoms with Crippen molar-refractivity contribution in [3.63, 3.8) is 0 Å². The van der Waals surface area contributed by atoms with Gasteiger partial charge in [0.1, 0.15) is 11.3 Å². The van der Waals surface area contributed by atoms with Crippen LogP contribution in [0.15, 0.2) is 30.5 Å². The molecule has 2 heterocycles. The lowest BCUT2D eigenvalue weighted by atomic mass is 10.1. The molecule has 0 unspecified atom stereocenters. The van der Waals surface area contributed by atoms with Gasteiger partial charge in [0, 0.05) is 24.4 Å². The van der Waals surface area contributed by atoms with Crippen LogP contribution in [0.3, 0.4) is 0 Å². The molecule has 3 aromatic rings. The van der Waals surface area contributed by atoms with Crippen LogP contribution in [0.25, 0.3) is 22.3 Å². The molecule has 3 rings (SSSR count). The van der Waals surface area contributed by atoms with Crippen molar-refractivity contribution in [1.29, 1.82) is 0 Å². The molecular weight excluding hydrogens is 298 g/mol. The zero-order valence-corrected chi connectivity index (χ0v) is 11.4. The zero-order chi connectivity index (χ0) is 15.9. The van der Waals surface area contributed by atoms with E-state index in [4.69, 9.17) is 0 Å². The summed E-state index contributed by atoms with van der Waals surface area (Å²) in [5.41, 5.74) is 0.981. The minimum Gasteiger partial charge on any atom is -0.321 e. The Morgan fingerprint density at radius 3 is 2.68 bits per heavy atom. The van der Waals surface area contributed by atoms with Crippen LogP contribution in [0, 0.1) is 11.9 Å². The van der Waals surface area contributed by atoms with E-state index in [2.05, 4.69) is 16.0 Å². The first kappa shape index (κ1) is 14.5. The molecule has 1 aromatic carbocycles. The predicted octanol–water partition coefficient (Wildman–Crippen LogP) is 4.08. The summed E-state index contributed by atoms with van der Waals surface area (Å²) in [5, 5.41) is 0. The molecule has 0 aliphatic heterocycles. The summed E-state index contributed by atoms with van der Waals surface area (Å²) >= 11 is 0. The second-order valence-corrected chi connectivity index (χ2v) is 4.63. The quantitative estimate of drug-likeness (QED) is 0.668. The first-order valence-electron chi connectivity index (χ1n) is 6.52. The first-order valence-corrected chi connectivity index (χ1v) is 6.52. The van der Waals surface area contributed by atoms with E-state index >= 15 is 0 Å². The van der Waals surface area contributed by atoms with E-state index in [1.165, 1.54) is 30.5 Å². The Balaban J connectivity index is 2.32. The highest BCUT2D eigenvalue weighted by atomic mass is 19.4. The van der Waals surface area contributed by atoms with E-state index < -0.39 is 17.8 Å². The highest BCUT2D eigenvalue weighted by Crippen LogP contribution is 2.34. The number of rotatable bonds is 2. The van der Waals surface area contributed by atoms with Gasteiger partial charge in [0.2, 0.25) is 5.82 Å². The predicted molar refractivity (Wildman–Crippen MR) is 72.4 cm³/mol. The van der Waals surface area contributed by atoms with Gasteiger partial charge in [-0.3, -0.25) is 4.98 Å². The Morgan fingerprint density at radius 1 is 1.27 bits per heavy atom. The molecule has 0 spiro atoms. The number of aromatic nitrogens is 3. The van der Waals surface area contributed by atoms with Gasteiger partial charge in [0.15, 0.2) is 0 Å². The number of hydrogen-bond acceptors (Lipinski definition) is 2. The average molecular weight is 308 g/mol. The summed E-state index contributed by atoms with van der Waals surface area (Å²) in [4.78, 5) is 7.77. The van der Waals surface area contributed by atoms with Gasteiger partial charge in [-0.15, -0.1) is 0 Å². The molecule has 22 heavy (non-hydrogen) atoms. The molecule has 1 radical (unpaired) electrons. The molecule has 3 nitrogen and oxygen atoms in total. The van der Waals surface area contributed by atoms with E-state index in [0.29, 0.717) is 11.1 Å². The lowest BCUT2D eigenvalue weighted by Gasteiger charge is -2.08. The van der Waals surface area contributed by atoms with E-state index in [-0.39, 0.29) is 17.8 Å². The van der Waals surface area contributed by atoms with Crippen LogP contribution in [0.1, 0.15) is 12.7 Å². The second-order valence-electron chi connectivity index (χ2n) is 4.63. The monoisotopic (exact) mass is 308 g/mol. The lowest BCUT2D eigenvalue weighted by molar-refractivity contribution is -0.146. The molecule has 0 amide bonds. The van der Waals surface area contributed by atoms with Gasteiger partial charge >= 0.3 is 6.18 Å². The van der Waals surface area contributed by atoms with Gasteiger partial charge in [0.05, 0.1) is 11.2 Å². The van der Waals surface area contributed by atoms with Crippen molar-refractivity contribution in [3.05, 3.63) is 48.2 Å². The second kappa shape index (κ2) is 5.08. The van der Waals surface area contributed by atoms with Crippen molar-refractivity contribution in [1.82, 2.24) is 14.5 Å². The number of hydrogen-bond donors (Lipinski definition) is 0. The normalized spacial score (nSPS) is 12.0. The van der Waals surface area contributed by atoms with Crippen LogP contribution < -0.4 is 0 Å². The highest BCUT2D eigenvalue weighted by Gasteiger charge is 2.37. The van der Waals surface area contributed by atoms with Gasteiger partial charge in [0.25, 0.3) is 0 Å². The van der Waals surface area contributed by atoms with E-state index in [1.807, 2.05) is 0 Å². The van der Waals surface area contributed by atoms with Crippen molar-refractivity contribution < 1.29 is 17.6 Å². The van der Waals surface area contributed by atoms with Crippen LogP contribution in [0.2, 0.25) is 0 Å². The highest BCUT2D eigenvalue weighted by molar-refractivity contribution is 5.90. The molecule has 0 saturated heterocycles. The molecule has 0 N–H and O–H groups in total. The molecule has 7 heteroatoms. The fourth-order valence-electron chi connectivity index (χ4n) is 2.38. The van der Waals surface area contributed by atoms with E-state index in [1.54, 1.807) is 6.92 Å². The number of nitrogens with zero attached hydrogens (tertiary/aromatic N) is 3. The fourth-order valence-corrected chi connectivity index (χ4v) is 2.38. The van der Waals surface area contributed by atoms with Gasteiger partial charge in [-0.25, -0.2) is 9.37 Å². The van der Waals surface area contributed by atoms with Gasteiger partial charge in [-0.2, -0.15) is 13.2 Å². The molecule has 0 aliphatic rings. The van der Waals surface area contributed by atoms with Crippen LogP contribution in [0.5, 0.6) is 0 Å².